The fourth-order valence-electron chi connectivity index (χ4n) is 2.81. The molecule has 6 nitrogen and oxygen atoms in total. The van der Waals surface area contributed by atoms with Crippen LogP contribution in [0.3, 0.4) is 0 Å². The number of hydrogen-bond acceptors (Lipinski definition) is 4. The highest BCUT2D eigenvalue weighted by Gasteiger charge is 2.09. The van der Waals surface area contributed by atoms with Crippen LogP contribution in [0.4, 0.5) is 5.69 Å². The molecule has 27 heavy (non-hydrogen) atoms. The fourth-order valence-corrected chi connectivity index (χ4v) is 2.81. The molecule has 2 aromatic carbocycles. The van der Waals surface area contributed by atoms with Crippen molar-refractivity contribution in [3.05, 3.63) is 64.7 Å². The van der Waals surface area contributed by atoms with Crippen LogP contribution in [0, 0.1) is 0 Å². The summed E-state index contributed by atoms with van der Waals surface area (Å²) >= 11 is 0. The molecule has 1 aromatic heterocycles. The normalized spacial score (nSPS) is 10.9. The molecule has 3 aromatic rings. The summed E-state index contributed by atoms with van der Waals surface area (Å²) in [5.41, 5.74) is 1.17. The first-order valence-electron chi connectivity index (χ1n) is 9.06. The molecule has 0 fully saturated rings. The van der Waals surface area contributed by atoms with Crippen LogP contribution in [0.15, 0.2) is 53.3 Å². The monoisotopic (exact) mass is 365 g/mol. The molecule has 1 heterocycles. The van der Waals surface area contributed by atoms with E-state index in [9.17, 15) is 9.59 Å². The zero-order valence-corrected chi connectivity index (χ0v) is 15.5. The van der Waals surface area contributed by atoms with Crippen LogP contribution in [0.25, 0.3) is 10.9 Å². The van der Waals surface area contributed by atoms with Crippen LogP contribution in [0.2, 0.25) is 0 Å². The van der Waals surface area contributed by atoms with Gasteiger partial charge in [-0.3, -0.25) is 9.59 Å². The number of hydrogen-bond donors (Lipinski definition) is 2. The molecule has 6 heteroatoms. The number of nitrogens with zero attached hydrogens (tertiary/aromatic N) is 1. The van der Waals surface area contributed by atoms with Gasteiger partial charge in [-0.2, -0.15) is 0 Å². The quantitative estimate of drug-likeness (QED) is 0.669. The van der Waals surface area contributed by atoms with Crippen molar-refractivity contribution in [2.75, 3.05) is 5.32 Å². The minimum atomic E-state index is -0.153. The van der Waals surface area contributed by atoms with Gasteiger partial charge in [0.05, 0.1) is 22.7 Å². The van der Waals surface area contributed by atoms with Crippen molar-refractivity contribution in [2.45, 2.75) is 39.2 Å². The van der Waals surface area contributed by atoms with E-state index in [-0.39, 0.29) is 17.6 Å². The first kappa shape index (κ1) is 18.6. The van der Waals surface area contributed by atoms with Crippen LogP contribution < -0.4 is 15.6 Å². The van der Waals surface area contributed by atoms with Crippen LogP contribution in [-0.2, 0) is 11.2 Å². The lowest BCUT2D eigenvalue weighted by Crippen LogP contribution is -2.15. The van der Waals surface area contributed by atoms with Crippen molar-refractivity contribution in [1.29, 1.82) is 0 Å². The van der Waals surface area contributed by atoms with E-state index in [1.165, 1.54) is 0 Å². The molecule has 0 bridgehead atoms. The maximum atomic E-state index is 12.3. The van der Waals surface area contributed by atoms with Gasteiger partial charge >= 0.3 is 0 Å². The van der Waals surface area contributed by atoms with E-state index in [1.54, 1.807) is 6.07 Å². The number of aromatic amines is 1. The molecule has 140 valence electrons. The van der Waals surface area contributed by atoms with Crippen molar-refractivity contribution in [3.63, 3.8) is 0 Å². The second kappa shape index (κ2) is 8.49. The average Bonchev–Trinajstić information content (AvgIpc) is 2.63. The van der Waals surface area contributed by atoms with E-state index in [0.717, 1.165) is 0 Å². The van der Waals surface area contributed by atoms with Gasteiger partial charge in [-0.15, -0.1) is 0 Å². The van der Waals surface area contributed by atoms with Gasteiger partial charge in [-0.05, 0) is 44.5 Å². The van der Waals surface area contributed by atoms with E-state index in [0.29, 0.717) is 47.4 Å². The lowest BCUT2D eigenvalue weighted by atomic mass is 10.2. The van der Waals surface area contributed by atoms with E-state index < -0.39 is 0 Å². The Hall–Kier alpha value is -3.15. The van der Waals surface area contributed by atoms with Crippen molar-refractivity contribution in [1.82, 2.24) is 9.97 Å². The summed E-state index contributed by atoms with van der Waals surface area (Å²) < 4.78 is 5.71. The van der Waals surface area contributed by atoms with Crippen LogP contribution in [0.1, 0.15) is 32.5 Å². The molecule has 0 unspecified atom stereocenters. The fraction of sp³-hybridized carbons (Fsp3) is 0.286. The Morgan fingerprint density at radius 3 is 2.70 bits per heavy atom. The number of carbonyl (C=O) groups excluding carboxylic acids is 1. The number of amides is 1. The van der Waals surface area contributed by atoms with Gasteiger partial charge in [-0.1, -0.05) is 24.3 Å². The molecule has 0 aliphatic heterocycles. The van der Waals surface area contributed by atoms with E-state index in [4.69, 9.17) is 4.74 Å². The van der Waals surface area contributed by atoms with Gasteiger partial charge < -0.3 is 15.0 Å². The second-order valence-corrected chi connectivity index (χ2v) is 6.59. The van der Waals surface area contributed by atoms with Crippen LogP contribution >= 0.6 is 0 Å². The number of ether oxygens (including phenoxy) is 1. The summed E-state index contributed by atoms with van der Waals surface area (Å²) in [6, 6.07) is 14.6. The molecule has 0 radical (unpaired) electrons. The summed E-state index contributed by atoms with van der Waals surface area (Å²) in [5, 5.41) is 3.46. The number of anilines is 1. The number of H-pyrrole nitrogens is 1. The Morgan fingerprint density at radius 1 is 1.15 bits per heavy atom. The molecule has 0 aliphatic carbocycles. The predicted octanol–water partition coefficient (Wildman–Crippen LogP) is 3.67. The third kappa shape index (κ3) is 4.94. The largest absolute Gasteiger partial charge is 0.489 e. The molecule has 0 saturated heterocycles. The highest BCUT2D eigenvalue weighted by Crippen LogP contribution is 2.25. The molecule has 0 aliphatic rings. The van der Waals surface area contributed by atoms with Crippen molar-refractivity contribution < 1.29 is 9.53 Å². The second-order valence-electron chi connectivity index (χ2n) is 6.59. The maximum absolute atomic E-state index is 12.3. The number of nitrogens with one attached hydrogen (secondary N) is 2. The molecule has 0 atom stereocenters. The van der Waals surface area contributed by atoms with Gasteiger partial charge in [0, 0.05) is 12.8 Å². The number of fused-ring (bicyclic) bond motifs is 1. The number of benzene rings is 2. The average molecular weight is 365 g/mol. The van der Waals surface area contributed by atoms with E-state index in [2.05, 4.69) is 15.3 Å². The molecule has 3 rings (SSSR count). The first-order valence-corrected chi connectivity index (χ1v) is 9.06. The summed E-state index contributed by atoms with van der Waals surface area (Å²) in [5.74, 6) is 1.15. The lowest BCUT2D eigenvalue weighted by molar-refractivity contribution is -0.116. The molecule has 1 amide bonds. The standard InChI is InChI=1S/C21H23N3O3/c1-14(2)27-18-11-6-5-10-17(18)23-20(25)13-7-12-19-22-16-9-4-3-8-15(16)21(26)24-19/h3-6,8-11,14H,7,12-13H2,1-2H3,(H,23,25)(H,22,24,26). The number of rotatable bonds is 7. The topological polar surface area (TPSA) is 84.1 Å². The third-order valence-corrected chi connectivity index (χ3v) is 4.00. The number of aromatic nitrogens is 2. The van der Waals surface area contributed by atoms with Crippen LogP contribution in [0.5, 0.6) is 5.75 Å². The van der Waals surface area contributed by atoms with Crippen LogP contribution in [-0.4, -0.2) is 22.0 Å². The zero-order valence-electron chi connectivity index (χ0n) is 15.5. The minimum Gasteiger partial charge on any atom is -0.489 e. The Bertz CT molecular complexity index is 995. The Kier molecular flexibility index (Phi) is 5.86. The van der Waals surface area contributed by atoms with Gasteiger partial charge in [-0.25, -0.2) is 4.98 Å². The molecular weight excluding hydrogens is 342 g/mol. The summed E-state index contributed by atoms with van der Waals surface area (Å²) in [6.07, 6.45) is 1.46. The highest BCUT2D eigenvalue weighted by molar-refractivity contribution is 5.92. The molecule has 0 saturated carbocycles. The number of carbonyl (C=O) groups is 1. The van der Waals surface area contributed by atoms with Crippen molar-refractivity contribution in [3.8, 4) is 5.75 Å². The summed E-state index contributed by atoms with van der Waals surface area (Å²) in [4.78, 5) is 31.6. The van der Waals surface area contributed by atoms with Crippen molar-refractivity contribution in [2.24, 2.45) is 0 Å². The molecular formula is C21H23N3O3. The highest BCUT2D eigenvalue weighted by atomic mass is 16.5. The number of para-hydroxylation sites is 3. The smallest absolute Gasteiger partial charge is 0.258 e. The number of aryl methyl sites for hydroxylation is 1. The van der Waals surface area contributed by atoms with Gasteiger partial charge in [0.1, 0.15) is 11.6 Å². The minimum absolute atomic E-state index is 0.0267. The Morgan fingerprint density at radius 2 is 1.89 bits per heavy atom. The van der Waals surface area contributed by atoms with E-state index in [1.807, 2.05) is 56.3 Å². The maximum Gasteiger partial charge on any atom is 0.258 e. The first-order chi connectivity index (χ1) is 13.0. The predicted molar refractivity (Wildman–Crippen MR) is 106 cm³/mol. The molecule has 2 N–H and O–H groups in total. The summed E-state index contributed by atoms with van der Waals surface area (Å²) in [7, 11) is 0. The summed E-state index contributed by atoms with van der Waals surface area (Å²) in [6.45, 7) is 3.88. The van der Waals surface area contributed by atoms with Crippen molar-refractivity contribution >= 4 is 22.5 Å². The Balaban J connectivity index is 1.58. The van der Waals surface area contributed by atoms with Gasteiger partial charge in [0.15, 0.2) is 0 Å². The third-order valence-electron chi connectivity index (χ3n) is 4.00. The lowest BCUT2D eigenvalue weighted by Gasteiger charge is -2.14. The van der Waals surface area contributed by atoms with Gasteiger partial charge in [0.2, 0.25) is 5.91 Å². The Labute approximate surface area is 157 Å². The SMILES string of the molecule is CC(C)Oc1ccccc1NC(=O)CCCc1nc2ccccc2c(=O)[nH]1. The van der Waals surface area contributed by atoms with E-state index >= 15 is 0 Å². The molecule has 0 spiro atoms. The zero-order chi connectivity index (χ0) is 19.2. The van der Waals surface area contributed by atoms with Gasteiger partial charge in [0.25, 0.3) is 5.56 Å².